The van der Waals surface area contributed by atoms with Gasteiger partial charge >= 0.3 is 5.97 Å². The molecule has 2 aromatic rings. The SMILES string of the molecule is O=C(O)c1ccc(CNc2ccccc2N2CCCCC2)cc1. The molecule has 1 heterocycles. The van der Waals surface area contributed by atoms with E-state index in [2.05, 4.69) is 28.4 Å². The first kappa shape index (κ1) is 15.4. The van der Waals surface area contributed by atoms with Crippen molar-refractivity contribution >= 4 is 17.3 Å². The molecule has 0 spiro atoms. The number of piperidine rings is 1. The molecule has 0 saturated carbocycles. The molecule has 120 valence electrons. The summed E-state index contributed by atoms with van der Waals surface area (Å²) < 4.78 is 0. The number of para-hydroxylation sites is 2. The minimum Gasteiger partial charge on any atom is -0.478 e. The molecule has 0 unspecified atom stereocenters. The van der Waals surface area contributed by atoms with E-state index in [0.717, 1.165) is 24.3 Å². The Bertz CT molecular complexity index is 661. The summed E-state index contributed by atoms with van der Waals surface area (Å²) in [6.07, 6.45) is 3.83. The maximum atomic E-state index is 10.9. The van der Waals surface area contributed by atoms with Gasteiger partial charge in [0, 0.05) is 19.6 Å². The predicted molar refractivity (Wildman–Crippen MR) is 93.2 cm³/mol. The lowest BCUT2D eigenvalue weighted by molar-refractivity contribution is 0.0697. The fourth-order valence-electron chi connectivity index (χ4n) is 3.00. The molecule has 2 aromatic carbocycles. The number of rotatable bonds is 5. The smallest absolute Gasteiger partial charge is 0.335 e. The van der Waals surface area contributed by atoms with Gasteiger partial charge in [-0.1, -0.05) is 24.3 Å². The third-order valence-corrected chi connectivity index (χ3v) is 4.28. The molecule has 1 aliphatic heterocycles. The van der Waals surface area contributed by atoms with Gasteiger partial charge in [0.15, 0.2) is 0 Å². The summed E-state index contributed by atoms with van der Waals surface area (Å²) in [5.41, 5.74) is 3.79. The van der Waals surface area contributed by atoms with Crippen LogP contribution in [0.3, 0.4) is 0 Å². The molecule has 0 amide bonds. The van der Waals surface area contributed by atoms with Crippen molar-refractivity contribution in [2.24, 2.45) is 0 Å². The fraction of sp³-hybridized carbons (Fsp3) is 0.316. The van der Waals surface area contributed by atoms with Gasteiger partial charge in [0.1, 0.15) is 0 Å². The van der Waals surface area contributed by atoms with Crippen LogP contribution in [0.25, 0.3) is 0 Å². The number of carbonyl (C=O) groups is 1. The highest BCUT2D eigenvalue weighted by molar-refractivity contribution is 5.87. The van der Waals surface area contributed by atoms with Crippen LogP contribution < -0.4 is 10.2 Å². The normalized spacial score (nSPS) is 14.5. The summed E-state index contributed by atoms with van der Waals surface area (Å²) in [5, 5.41) is 12.4. The number of anilines is 2. The summed E-state index contributed by atoms with van der Waals surface area (Å²) in [6, 6.07) is 15.4. The summed E-state index contributed by atoms with van der Waals surface area (Å²) in [7, 11) is 0. The van der Waals surface area contributed by atoms with Crippen molar-refractivity contribution in [3.05, 3.63) is 59.7 Å². The average Bonchev–Trinajstić information content (AvgIpc) is 2.61. The third-order valence-electron chi connectivity index (χ3n) is 4.28. The van der Waals surface area contributed by atoms with E-state index in [1.54, 1.807) is 12.1 Å². The van der Waals surface area contributed by atoms with Crippen LogP contribution in [0.4, 0.5) is 11.4 Å². The number of carboxylic acid groups (broad SMARTS) is 1. The van der Waals surface area contributed by atoms with Gasteiger partial charge in [-0.15, -0.1) is 0 Å². The van der Waals surface area contributed by atoms with Crippen molar-refractivity contribution in [1.82, 2.24) is 0 Å². The van der Waals surface area contributed by atoms with Gasteiger partial charge in [0.25, 0.3) is 0 Å². The maximum Gasteiger partial charge on any atom is 0.335 e. The second-order valence-electron chi connectivity index (χ2n) is 5.92. The maximum absolute atomic E-state index is 10.9. The summed E-state index contributed by atoms with van der Waals surface area (Å²) >= 11 is 0. The van der Waals surface area contributed by atoms with E-state index in [9.17, 15) is 4.79 Å². The van der Waals surface area contributed by atoms with E-state index in [4.69, 9.17) is 5.11 Å². The van der Waals surface area contributed by atoms with E-state index in [1.165, 1.54) is 24.9 Å². The second kappa shape index (κ2) is 7.18. The van der Waals surface area contributed by atoms with Crippen LogP contribution in [0, 0.1) is 0 Å². The van der Waals surface area contributed by atoms with E-state index in [-0.39, 0.29) is 0 Å². The van der Waals surface area contributed by atoms with Crippen molar-refractivity contribution in [3.63, 3.8) is 0 Å². The van der Waals surface area contributed by atoms with Crippen LogP contribution in [0.15, 0.2) is 48.5 Å². The number of hydrogen-bond acceptors (Lipinski definition) is 3. The van der Waals surface area contributed by atoms with Gasteiger partial charge in [-0.25, -0.2) is 4.79 Å². The lowest BCUT2D eigenvalue weighted by Gasteiger charge is -2.30. The average molecular weight is 310 g/mol. The Morgan fingerprint density at radius 3 is 2.39 bits per heavy atom. The molecule has 2 N–H and O–H groups in total. The molecule has 1 saturated heterocycles. The third kappa shape index (κ3) is 3.83. The van der Waals surface area contributed by atoms with Crippen molar-refractivity contribution in [1.29, 1.82) is 0 Å². The molecule has 1 aliphatic rings. The number of carboxylic acids is 1. The highest BCUT2D eigenvalue weighted by atomic mass is 16.4. The summed E-state index contributed by atoms with van der Waals surface area (Å²) in [6.45, 7) is 2.92. The highest BCUT2D eigenvalue weighted by Gasteiger charge is 2.13. The zero-order valence-electron chi connectivity index (χ0n) is 13.2. The fourth-order valence-corrected chi connectivity index (χ4v) is 3.00. The van der Waals surface area contributed by atoms with Crippen molar-refractivity contribution < 1.29 is 9.90 Å². The molecule has 3 rings (SSSR count). The molecule has 1 fully saturated rings. The highest BCUT2D eigenvalue weighted by Crippen LogP contribution is 2.28. The lowest BCUT2D eigenvalue weighted by atomic mass is 10.1. The molecule has 0 atom stereocenters. The number of nitrogens with one attached hydrogen (secondary N) is 1. The standard InChI is InChI=1S/C19H22N2O2/c22-19(23)16-10-8-15(9-11-16)14-20-17-6-2-3-7-18(17)21-12-4-1-5-13-21/h2-3,6-11,20H,1,4-5,12-14H2,(H,22,23). The van der Waals surface area contributed by atoms with Gasteiger partial charge in [0.05, 0.1) is 16.9 Å². The van der Waals surface area contributed by atoms with E-state index >= 15 is 0 Å². The van der Waals surface area contributed by atoms with Gasteiger partial charge in [-0.05, 0) is 49.1 Å². The van der Waals surface area contributed by atoms with Crippen LogP contribution in [0.2, 0.25) is 0 Å². The lowest BCUT2D eigenvalue weighted by Crippen LogP contribution is -2.30. The Balaban J connectivity index is 1.69. The largest absolute Gasteiger partial charge is 0.478 e. The Kier molecular flexibility index (Phi) is 4.81. The number of hydrogen-bond donors (Lipinski definition) is 2. The first-order chi connectivity index (χ1) is 11.2. The molecule has 0 aliphatic carbocycles. The number of aromatic carboxylic acids is 1. The molecular formula is C19H22N2O2. The van der Waals surface area contributed by atoms with Crippen LogP contribution in [0.5, 0.6) is 0 Å². The van der Waals surface area contributed by atoms with E-state index < -0.39 is 5.97 Å². The van der Waals surface area contributed by atoms with Crippen LogP contribution in [0.1, 0.15) is 35.2 Å². The number of benzene rings is 2. The summed E-state index contributed by atoms with van der Waals surface area (Å²) in [4.78, 5) is 13.3. The van der Waals surface area contributed by atoms with Gasteiger partial charge < -0.3 is 15.3 Å². The minimum absolute atomic E-state index is 0.322. The predicted octanol–water partition coefficient (Wildman–Crippen LogP) is 3.99. The molecular weight excluding hydrogens is 288 g/mol. The van der Waals surface area contributed by atoms with Gasteiger partial charge in [0.2, 0.25) is 0 Å². The van der Waals surface area contributed by atoms with Crippen LogP contribution in [-0.2, 0) is 6.54 Å². The molecule has 4 nitrogen and oxygen atoms in total. The zero-order chi connectivity index (χ0) is 16.1. The van der Waals surface area contributed by atoms with Crippen molar-refractivity contribution in [3.8, 4) is 0 Å². The van der Waals surface area contributed by atoms with Gasteiger partial charge in [-0.3, -0.25) is 0 Å². The Hall–Kier alpha value is -2.49. The molecule has 0 radical (unpaired) electrons. The molecule has 0 aromatic heterocycles. The first-order valence-corrected chi connectivity index (χ1v) is 8.14. The van der Waals surface area contributed by atoms with E-state index in [0.29, 0.717) is 12.1 Å². The van der Waals surface area contributed by atoms with E-state index in [1.807, 2.05) is 18.2 Å². The molecule has 0 bridgehead atoms. The van der Waals surface area contributed by atoms with Gasteiger partial charge in [-0.2, -0.15) is 0 Å². The number of nitrogens with zero attached hydrogens (tertiary/aromatic N) is 1. The van der Waals surface area contributed by atoms with Crippen molar-refractivity contribution in [2.45, 2.75) is 25.8 Å². The summed E-state index contributed by atoms with van der Waals surface area (Å²) in [5.74, 6) is -0.889. The monoisotopic (exact) mass is 310 g/mol. The molecule has 23 heavy (non-hydrogen) atoms. The zero-order valence-corrected chi connectivity index (χ0v) is 13.2. The second-order valence-corrected chi connectivity index (χ2v) is 5.92. The van der Waals surface area contributed by atoms with Crippen LogP contribution in [-0.4, -0.2) is 24.2 Å². The Labute approximate surface area is 136 Å². The topological polar surface area (TPSA) is 52.6 Å². The minimum atomic E-state index is -0.889. The van der Waals surface area contributed by atoms with Crippen LogP contribution >= 0.6 is 0 Å². The van der Waals surface area contributed by atoms with Crippen molar-refractivity contribution in [2.75, 3.05) is 23.3 Å². The Morgan fingerprint density at radius 2 is 1.70 bits per heavy atom. The first-order valence-electron chi connectivity index (χ1n) is 8.14. The quantitative estimate of drug-likeness (QED) is 0.877. The Morgan fingerprint density at radius 1 is 1.00 bits per heavy atom. The molecule has 4 heteroatoms.